The zero-order valence-corrected chi connectivity index (χ0v) is 15.9. The van der Waals surface area contributed by atoms with Gasteiger partial charge in [0.15, 0.2) is 11.2 Å². The lowest BCUT2D eigenvalue weighted by Gasteiger charge is -2.50. The third-order valence-electron chi connectivity index (χ3n) is 6.56. The molecule has 0 spiro atoms. The average molecular weight is 426 g/mol. The molecule has 1 saturated carbocycles. The molecule has 1 aromatic carbocycles. The van der Waals surface area contributed by atoms with Crippen LogP contribution in [0.5, 0.6) is 5.75 Å². The molecule has 0 radical (unpaired) electrons. The number of benzene rings is 1. The quantitative estimate of drug-likeness (QED) is 0.563. The van der Waals surface area contributed by atoms with Gasteiger partial charge in [-0.2, -0.15) is 26.3 Å². The Kier molecular flexibility index (Phi) is 3.51. The Morgan fingerprint density at radius 2 is 1.57 bits per heavy atom. The van der Waals surface area contributed by atoms with Gasteiger partial charge in [0.2, 0.25) is 0 Å². The molecule has 0 bridgehead atoms. The van der Waals surface area contributed by atoms with Crippen molar-refractivity contribution >= 4 is 5.57 Å². The third-order valence-corrected chi connectivity index (χ3v) is 6.56. The van der Waals surface area contributed by atoms with Gasteiger partial charge in [-0.05, 0) is 18.6 Å². The molecule has 4 aliphatic rings. The Morgan fingerprint density at radius 1 is 0.900 bits per heavy atom. The van der Waals surface area contributed by atoms with Gasteiger partial charge in [0, 0.05) is 35.0 Å². The Hall–Kier alpha value is -2.48. The molecule has 30 heavy (non-hydrogen) atoms. The van der Waals surface area contributed by atoms with Crippen LogP contribution in [0.1, 0.15) is 18.9 Å². The largest absolute Gasteiger partial charge is 0.478 e. The van der Waals surface area contributed by atoms with Crippen molar-refractivity contribution in [1.29, 1.82) is 0 Å². The minimum atomic E-state index is -5.61. The summed E-state index contributed by atoms with van der Waals surface area (Å²) in [4.78, 5) is 0. The number of alkyl halides is 6. The molecule has 2 nitrogen and oxygen atoms in total. The number of hydrogen-bond donors (Lipinski definition) is 0. The van der Waals surface area contributed by atoms with Crippen molar-refractivity contribution in [2.75, 3.05) is 7.11 Å². The molecule has 2 unspecified atom stereocenters. The van der Waals surface area contributed by atoms with E-state index in [1.807, 2.05) is 0 Å². The first kappa shape index (κ1) is 19.5. The van der Waals surface area contributed by atoms with Gasteiger partial charge in [-0.1, -0.05) is 43.4 Å². The van der Waals surface area contributed by atoms with E-state index in [4.69, 9.17) is 9.47 Å². The summed E-state index contributed by atoms with van der Waals surface area (Å²) in [6, 6.07) is 6.01. The first-order valence-electron chi connectivity index (χ1n) is 9.37. The maximum absolute atomic E-state index is 15.1. The first-order chi connectivity index (χ1) is 14.0. The Bertz CT molecular complexity index is 1100. The number of allylic oxidation sites excluding steroid dienone is 4. The zero-order valence-electron chi connectivity index (χ0n) is 15.9. The van der Waals surface area contributed by atoms with Crippen molar-refractivity contribution in [2.45, 2.75) is 42.3 Å². The van der Waals surface area contributed by atoms with E-state index in [0.717, 1.165) is 6.08 Å². The van der Waals surface area contributed by atoms with Crippen LogP contribution in [-0.2, 0) is 4.74 Å². The van der Waals surface area contributed by atoms with Crippen LogP contribution in [0.4, 0.5) is 26.3 Å². The minimum Gasteiger partial charge on any atom is -0.478 e. The summed E-state index contributed by atoms with van der Waals surface area (Å²) in [6.07, 6.45) is 5.38. The van der Waals surface area contributed by atoms with Gasteiger partial charge in [-0.25, -0.2) is 0 Å². The highest BCUT2D eigenvalue weighted by Crippen LogP contribution is 2.71. The predicted octanol–water partition coefficient (Wildman–Crippen LogP) is 5.72. The number of methoxy groups -OCH3 is 1. The van der Waals surface area contributed by atoms with Gasteiger partial charge in [0.25, 0.3) is 0 Å². The van der Waals surface area contributed by atoms with Crippen LogP contribution < -0.4 is 4.74 Å². The minimum absolute atomic E-state index is 0.0105. The highest BCUT2D eigenvalue weighted by atomic mass is 19.3. The van der Waals surface area contributed by atoms with Crippen molar-refractivity contribution in [2.24, 2.45) is 0 Å². The second-order valence-electron chi connectivity index (χ2n) is 7.70. The number of para-hydroxylation sites is 1. The smallest absolute Gasteiger partial charge is 0.380 e. The summed E-state index contributed by atoms with van der Waals surface area (Å²) in [5.74, 6) is -15.7. The summed E-state index contributed by atoms with van der Waals surface area (Å²) in [6.45, 7) is 1.62. The van der Waals surface area contributed by atoms with Crippen LogP contribution in [0, 0.1) is 0 Å². The molecule has 2 atom stereocenters. The lowest BCUT2D eigenvalue weighted by atomic mass is 9.62. The van der Waals surface area contributed by atoms with Crippen LogP contribution >= 0.6 is 0 Å². The molecule has 8 heteroatoms. The van der Waals surface area contributed by atoms with Crippen LogP contribution in [-0.4, -0.2) is 36.1 Å². The fourth-order valence-electron chi connectivity index (χ4n) is 5.26. The maximum atomic E-state index is 15.1. The monoisotopic (exact) mass is 426 g/mol. The Labute approximate surface area is 168 Å². The highest BCUT2D eigenvalue weighted by Gasteiger charge is 2.85. The number of halogens is 6. The molecule has 1 fully saturated rings. The Balaban J connectivity index is 2.04. The molecule has 1 aromatic rings. The van der Waals surface area contributed by atoms with Crippen molar-refractivity contribution in [3.63, 3.8) is 0 Å². The summed E-state index contributed by atoms with van der Waals surface area (Å²) in [5.41, 5.74) is -7.00. The molecule has 0 saturated heterocycles. The van der Waals surface area contributed by atoms with E-state index in [0.29, 0.717) is 0 Å². The normalized spacial score (nSPS) is 33.7. The van der Waals surface area contributed by atoms with E-state index in [1.54, 1.807) is 13.0 Å². The van der Waals surface area contributed by atoms with Crippen molar-refractivity contribution < 1.29 is 35.8 Å². The lowest BCUT2D eigenvalue weighted by molar-refractivity contribution is -0.258. The molecule has 3 aliphatic carbocycles. The summed E-state index contributed by atoms with van der Waals surface area (Å²) in [5, 5.41) is 0. The summed E-state index contributed by atoms with van der Waals surface area (Å²) < 4.78 is 101. The summed E-state index contributed by atoms with van der Waals surface area (Å²) >= 11 is 0. The van der Waals surface area contributed by atoms with Crippen molar-refractivity contribution in [3.8, 4) is 5.75 Å². The maximum Gasteiger partial charge on any atom is 0.380 e. The van der Waals surface area contributed by atoms with E-state index < -0.39 is 45.7 Å². The lowest BCUT2D eigenvalue weighted by Crippen LogP contribution is -2.60. The average Bonchev–Trinajstić information content (AvgIpc) is 3.12. The van der Waals surface area contributed by atoms with E-state index in [9.17, 15) is 8.78 Å². The first-order valence-corrected chi connectivity index (χ1v) is 9.37. The molecule has 1 aliphatic heterocycles. The van der Waals surface area contributed by atoms with E-state index in [-0.39, 0.29) is 23.3 Å². The van der Waals surface area contributed by atoms with Crippen LogP contribution in [0.15, 0.2) is 65.3 Å². The van der Waals surface area contributed by atoms with Gasteiger partial charge >= 0.3 is 17.8 Å². The zero-order chi connectivity index (χ0) is 21.7. The molecule has 1 heterocycles. The summed E-state index contributed by atoms with van der Waals surface area (Å²) in [7, 11) is 1.22. The molecule has 5 rings (SSSR count). The van der Waals surface area contributed by atoms with Crippen molar-refractivity contribution in [1.82, 2.24) is 0 Å². The molecular weight excluding hydrogens is 410 g/mol. The molecule has 0 aromatic heterocycles. The van der Waals surface area contributed by atoms with Gasteiger partial charge in [-0.3, -0.25) is 0 Å². The van der Waals surface area contributed by atoms with Crippen LogP contribution in [0.3, 0.4) is 0 Å². The standard InChI is InChI=1S/C22H16F6O2/c1-3-18-15(12-8-4-5-10-14(12)30-18)17-16(13-9-6-7-11-19(13,18)29-2)20(23,24)22(27,28)21(17,25)26/h4-11H,3H2,1-2H3. The number of hydrogen-bond acceptors (Lipinski definition) is 2. The molecule has 158 valence electrons. The van der Waals surface area contributed by atoms with E-state index in [1.165, 1.54) is 43.5 Å². The topological polar surface area (TPSA) is 18.5 Å². The van der Waals surface area contributed by atoms with Gasteiger partial charge in [-0.15, -0.1) is 0 Å². The van der Waals surface area contributed by atoms with Crippen LogP contribution in [0.2, 0.25) is 0 Å². The van der Waals surface area contributed by atoms with Gasteiger partial charge in [0.1, 0.15) is 5.75 Å². The van der Waals surface area contributed by atoms with Crippen molar-refractivity contribution in [3.05, 3.63) is 70.9 Å². The number of ether oxygens (including phenoxy) is 2. The fraction of sp³-hybridized carbons (Fsp3) is 0.364. The number of fused-ring (bicyclic) bond motifs is 6. The van der Waals surface area contributed by atoms with Gasteiger partial charge in [0.05, 0.1) is 0 Å². The number of rotatable bonds is 2. The second kappa shape index (κ2) is 5.41. The van der Waals surface area contributed by atoms with Gasteiger partial charge < -0.3 is 9.47 Å². The molecule has 0 N–H and O–H groups in total. The Morgan fingerprint density at radius 3 is 2.23 bits per heavy atom. The SMILES string of the molecule is CCC12Oc3ccccc3C1=C1C(=C3C=CC=CC32OC)C(F)(F)C(F)(F)C1(F)F. The molecule has 0 amide bonds. The second-order valence-corrected chi connectivity index (χ2v) is 7.70. The molecular formula is C22H16F6O2. The van der Waals surface area contributed by atoms with Crippen LogP contribution in [0.25, 0.3) is 5.57 Å². The predicted molar refractivity (Wildman–Crippen MR) is 96.9 cm³/mol. The fourth-order valence-corrected chi connectivity index (χ4v) is 5.26. The van der Waals surface area contributed by atoms with E-state index in [2.05, 4.69) is 0 Å². The highest BCUT2D eigenvalue weighted by molar-refractivity contribution is 5.93. The van der Waals surface area contributed by atoms with E-state index >= 15 is 17.6 Å². The third kappa shape index (κ3) is 1.72.